The summed E-state index contributed by atoms with van der Waals surface area (Å²) in [6, 6.07) is 7.09. The fourth-order valence-electron chi connectivity index (χ4n) is 1.85. The lowest BCUT2D eigenvalue weighted by Gasteiger charge is -2.28. The van der Waals surface area contributed by atoms with Crippen LogP contribution in [0.2, 0.25) is 0 Å². The Morgan fingerprint density at radius 1 is 1.24 bits per heavy atom. The van der Waals surface area contributed by atoms with Gasteiger partial charge in [0.2, 0.25) is 5.91 Å². The highest BCUT2D eigenvalue weighted by Gasteiger charge is 2.28. The van der Waals surface area contributed by atoms with E-state index >= 15 is 0 Å². The van der Waals surface area contributed by atoms with Crippen molar-refractivity contribution >= 4 is 11.9 Å². The first-order valence-corrected chi connectivity index (χ1v) is 6.95. The minimum atomic E-state index is -1.01. The summed E-state index contributed by atoms with van der Waals surface area (Å²) < 4.78 is 5.07. The Kier molecular flexibility index (Phi) is 5.76. The molecule has 0 aromatic heterocycles. The summed E-state index contributed by atoms with van der Waals surface area (Å²) in [5.41, 5.74) is 0.611. The van der Waals surface area contributed by atoms with E-state index in [1.165, 1.54) is 0 Å². The zero-order valence-electron chi connectivity index (χ0n) is 13.0. The molecule has 1 amide bonds. The number of carbonyl (C=O) groups is 2. The van der Waals surface area contributed by atoms with Gasteiger partial charge in [-0.05, 0) is 24.1 Å². The molecular formula is C16H23NO4. The first-order valence-electron chi connectivity index (χ1n) is 6.95. The molecule has 0 saturated carbocycles. The van der Waals surface area contributed by atoms with Gasteiger partial charge in [0.05, 0.1) is 0 Å². The van der Waals surface area contributed by atoms with Crippen LogP contribution in [0.1, 0.15) is 32.8 Å². The molecule has 0 fully saturated rings. The van der Waals surface area contributed by atoms with Gasteiger partial charge in [-0.25, -0.2) is 4.79 Å². The zero-order valence-corrected chi connectivity index (χ0v) is 13.0. The van der Waals surface area contributed by atoms with Crippen LogP contribution in [0.15, 0.2) is 24.3 Å². The Labute approximate surface area is 125 Å². The predicted octanol–water partition coefficient (Wildman–Crippen LogP) is 2.54. The number of hydrogen-bond acceptors (Lipinski definition) is 3. The normalized spacial score (nSPS) is 11.0. The molecule has 0 spiro atoms. The van der Waals surface area contributed by atoms with E-state index < -0.39 is 5.97 Å². The topological polar surface area (TPSA) is 66.8 Å². The number of hydrogen-bond donors (Lipinski definition) is 1. The molecule has 1 aromatic rings. The highest BCUT2D eigenvalue weighted by atomic mass is 16.5. The predicted molar refractivity (Wildman–Crippen MR) is 80.1 cm³/mol. The number of rotatable bonds is 7. The number of ether oxygens (including phenoxy) is 1. The molecule has 0 bridgehead atoms. The van der Waals surface area contributed by atoms with E-state index in [2.05, 4.69) is 0 Å². The standard InChI is InChI=1S/C16H23NO4/c1-5-16(2,3)15(20)17(4)10-12-6-8-13(9-7-12)21-11-14(18)19/h6-9H,5,10-11H2,1-4H3,(H,18,19). The fraction of sp³-hybridized carbons (Fsp3) is 0.500. The van der Waals surface area contributed by atoms with E-state index in [9.17, 15) is 9.59 Å². The van der Waals surface area contributed by atoms with Crippen LogP contribution in [0.3, 0.4) is 0 Å². The van der Waals surface area contributed by atoms with Crippen LogP contribution in [0.4, 0.5) is 0 Å². The summed E-state index contributed by atoms with van der Waals surface area (Å²) in [5.74, 6) is -0.397. The van der Waals surface area contributed by atoms with Crippen LogP contribution in [0.5, 0.6) is 5.75 Å². The van der Waals surface area contributed by atoms with Gasteiger partial charge in [0.25, 0.3) is 0 Å². The second-order valence-corrected chi connectivity index (χ2v) is 5.73. The van der Waals surface area contributed by atoms with Gasteiger partial charge in [-0.3, -0.25) is 4.79 Å². The van der Waals surface area contributed by atoms with Crippen LogP contribution in [0, 0.1) is 5.41 Å². The molecule has 5 heteroatoms. The van der Waals surface area contributed by atoms with Crippen molar-refractivity contribution in [2.75, 3.05) is 13.7 Å². The number of aliphatic carboxylic acids is 1. The maximum absolute atomic E-state index is 12.3. The summed E-state index contributed by atoms with van der Waals surface area (Å²) in [6.07, 6.45) is 0.790. The second kappa shape index (κ2) is 7.11. The van der Waals surface area contributed by atoms with Crippen LogP contribution < -0.4 is 4.74 Å². The molecule has 0 aliphatic rings. The van der Waals surface area contributed by atoms with E-state index in [4.69, 9.17) is 9.84 Å². The third-order valence-electron chi connectivity index (χ3n) is 3.51. The maximum atomic E-state index is 12.3. The molecule has 21 heavy (non-hydrogen) atoms. The smallest absolute Gasteiger partial charge is 0.341 e. The lowest BCUT2D eigenvalue weighted by molar-refractivity contribution is -0.140. The average molecular weight is 293 g/mol. The summed E-state index contributed by atoms with van der Waals surface area (Å²) in [7, 11) is 1.79. The van der Waals surface area contributed by atoms with Gasteiger partial charge < -0.3 is 14.7 Å². The molecule has 0 aliphatic carbocycles. The van der Waals surface area contributed by atoms with Gasteiger partial charge in [-0.2, -0.15) is 0 Å². The Bertz CT molecular complexity index is 494. The fourth-order valence-corrected chi connectivity index (χ4v) is 1.85. The van der Waals surface area contributed by atoms with Crippen LogP contribution in [-0.4, -0.2) is 35.5 Å². The first kappa shape index (κ1) is 17.0. The largest absolute Gasteiger partial charge is 0.482 e. The molecular weight excluding hydrogens is 270 g/mol. The van der Waals surface area contributed by atoms with Crippen molar-refractivity contribution in [1.29, 1.82) is 0 Å². The van der Waals surface area contributed by atoms with Crippen LogP contribution in [0.25, 0.3) is 0 Å². The van der Waals surface area contributed by atoms with Crippen molar-refractivity contribution in [2.45, 2.75) is 33.7 Å². The molecule has 0 aliphatic heterocycles. The molecule has 0 unspecified atom stereocenters. The minimum absolute atomic E-state index is 0.108. The Hall–Kier alpha value is -2.04. The number of carbonyl (C=O) groups excluding carboxylic acids is 1. The van der Waals surface area contributed by atoms with Gasteiger partial charge in [0, 0.05) is 19.0 Å². The molecule has 1 N–H and O–H groups in total. The lowest BCUT2D eigenvalue weighted by atomic mass is 9.88. The first-order chi connectivity index (χ1) is 9.76. The van der Waals surface area contributed by atoms with E-state index in [-0.39, 0.29) is 17.9 Å². The zero-order chi connectivity index (χ0) is 16.0. The highest BCUT2D eigenvalue weighted by molar-refractivity contribution is 5.81. The summed E-state index contributed by atoms with van der Waals surface area (Å²) in [6.45, 7) is 6.04. The second-order valence-electron chi connectivity index (χ2n) is 5.73. The lowest BCUT2D eigenvalue weighted by Crippen LogP contribution is -2.37. The number of carboxylic acids is 1. The van der Waals surface area contributed by atoms with Gasteiger partial charge >= 0.3 is 5.97 Å². The van der Waals surface area contributed by atoms with Crippen molar-refractivity contribution in [3.63, 3.8) is 0 Å². The Morgan fingerprint density at radius 3 is 2.29 bits per heavy atom. The minimum Gasteiger partial charge on any atom is -0.482 e. The molecule has 0 saturated heterocycles. The third-order valence-corrected chi connectivity index (χ3v) is 3.51. The number of amides is 1. The van der Waals surface area contributed by atoms with E-state index in [1.807, 2.05) is 32.9 Å². The van der Waals surface area contributed by atoms with E-state index in [0.29, 0.717) is 12.3 Å². The van der Waals surface area contributed by atoms with Gasteiger partial charge in [0.15, 0.2) is 6.61 Å². The molecule has 1 aromatic carbocycles. The van der Waals surface area contributed by atoms with E-state index in [0.717, 1.165) is 12.0 Å². The molecule has 5 nitrogen and oxygen atoms in total. The van der Waals surface area contributed by atoms with Crippen molar-refractivity contribution < 1.29 is 19.4 Å². The van der Waals surface area contributed by atoms with E-state index in [1.54, 1.807) is 24.1 Å². The SMILES string of the molecule is CCC(C)(C)C(=O)N(C)Cc1ccc(OCC(=O)O)cc1. The van der Waals surface area contributed by atoms with Gasteiger partial charge in [0.1, 0.15) is 5.75 Å². The monoisotopic (exact) mass is 293 g/mol. The summed E-state index contributed by atoms with van der Waals surface area (Å²) >= 11 is 0. The Morgan fingerprint density at radius 2 is 1.81 bits per heavy atom. The quantitative estimate of drug-likeness (QED) is 0.839. The molecule has 0 atom stereocenters. The summed E-state index contributed by atoms with van der Waals surface area (Å²) in [4.78, 5) is 24.4. The molecule has 116 valence electrons. The third kappa shape index (κ3) is 5.10. The maximum Gasteiger partial charge on any atom is 0.341 e. The molecule has 0 radical (unpaired) electrons. The number of benzene rings is 1. The van der Waals surface area contributed by atoms with Crippen molar-refractivity contribution in [3.05, 3.63) is 29.8 Å². The van der Waals surface area contributed by atoms with Crippen LogP contribution >= 0.6 is 0 Å². The van der Waals surface area contributed by atoms with Crippen molar-refractivity contribution in [1.82, 2.24) is 4.90 Å². The number of nitrogens with zero attached hydrogens (tertiary/aromatic N) is 1. The highest BCUT2D eigenvalue weighted by Crippen LogP contribution is 2.23. The summed E-state index contributed by atoms with van der Waals surface area (Å²) in [5, 5.41) is 8.54. The van der Waals surface area contributed by atoms with Crippen molar-refractivity contribution in [3.8, 4) is 5.75 Å². The van der Waals surface area contributed by atoms with Gasteiger partial charge in [-0.1, -0.05) is 32.9 Å². The molecule has 0 heterocycles. The van der Waals surface area contributed by atoms with Crippen molar-refractivity contribution in [2.24, 2.45) is 5.41 Å². The van der Waals surface area contributed by atoms with Gasteiger partial charge in [-0.15, -0.1) is 0 Å². The molecule has 1 rings (SSSR count). The average Bonchev–Trinajstić information content (AvgIpc) is 2.45. The Balaban J connectivity index is 2.63. The number of carboxylic acid groups (broad SMARTS) is 1. The van der Waals surface area contributed by atoms with Crippen LogP contribution in [-0.2, 0) is 16.1 Å².